The summed E-state index contributed by atoms with van der Waals surface area (Å²) in [6, 6.07) is 9.20. The van der Waals surface area contributed by atoms with Gasteiger partial charge in [0.25, 0.3) is 0 Å². The van der Waals surface area contributed by atoms with Crippen molar-refractivity contribution in [3.8, 4) is 11.3 Å². The van der Waals surface area contributed by atoms with Crippen molar-refractivity contribution in [2.24, 2.45) is 0 Å². The number of carbonyl (C=O) groups excluding carboxylic acids is 2. The summed E-state index contributed by atoms with van der Waals surface area (Å²) >= 11 is 7.03. The quantitative estimate of drug-likeness (QED) is 0.273. The second kappa shape index (κ2) is 14.9. The van der Waals surface area contributed by atoms with Gasteiger partial charge in [-0.05, 0) is 131 Å². The number of nitrogens with one attached hydrogen (secondary N) is 2. The zero-order valence-corrected chi connectivity index (χ0v) is 29.6. The van der Waals surface area contributed by atoms with Crippen molar-refractivity contribution in [2.75, 3.05) is 45.0 Å². The maximum atomic E-state index is 14.0. The zero-order chi connectivity index (χ0) is 33.1. The largest absolute Gasteiger partial charge is 0.397 e. The molecular weight excluding hydrogens is 733 g/mol. The van der Waals surface area contributed by atoms with E-state index in [-0.39, 0.29) is 29.5 Å². The highest BCUT2D eigenvalue weighted by Gasteiger charge is 2.34. The van der Waals surface area contributed by atoms with Crippen LogP contribution in [0.1, 0.15) is 56.6 Å². The summed E-state index contributed by atoms with van der Waals surface area (Å²) in [5.74, 6) is -0.404. The second-order valence-electron chi connectivity index (χ2n) is 12.9. The van der Waals surface area contributed by atoms with E-state index < -0.39 is 6.04 Å². The van der Waals surface area contributed by atoms with Crippen molar-refractivity contribution >= 4 is 49.5 Å². The van der Waals surface area contributed by atoms with Crippen molar-refractivity contribution < 1.29 is 14.0 Å². The fourth-order valence-corrected chi connectivity index (χ4v) is 8.47. The number of rotatable bonds is 7. The Hall–Kier alpha value is -3.16. The Balaban J connectivity index is 1.11. The maximum Gasteiger partial charge on any atom is 0.326 e. The van der Waals surface area contributed by atoms with Crippen LogP contribution in [0.15, 0.2) is 56.3 Å². The average Bonchev–Trinajstić information content (AvgIpc) is 3.48. The number of urea groups is 1. The van der Waals surface area contributed by atoms with E-state index in [4.69, 9.17) is 5.73 Å². The molecule has 10 nitrogen and oxygen atoms in total. The Morgan fingerprint density at radius 1 is 0.894 bits per heavy atom. The molecule has 0 spiro atoms. The Morgan fingerprint density at radius 2 is 1.49 bits per heavy atom. The van der Waals surface area contributed by atoms with Gasteiger partial charge in [0.05, 0.1) is 11.4 Å². The van der Waals surface area contributed by atoms with Gasteiger partial charge < -0.3 is 30.7 Å². The molecule has 1 atom stereocenters. The smallest absolute Gasteiger partial charge is 0.326 e. The Morgan fingerprint density at radius 3 is 2.13 bits per heavy atom. The molecule has 0 saturated carbocycles. The Labute approximate surface area is 291 Å². The number of likely N-dealkylation sites (tertiary alicyclic amines) is 3. The summed E-state index contributed by atoms with van der Waals surface area (Å²) in [6.07, 6.45) is 8.96. The van der Waals surface area contributed by atoms with Gasteiger partial charge in [-0.25, -0.2) is 14.0 Å². The number of amides is 3. The number of nitrogens with two attached hydrogens (primary N) is 1. The van der Waals surface area contributed by atoms with Gasteiger partial charge in [-0.15, -0.1) is 0 Å². The van der Waals surface area contributed by atoms with Gasteiger partial charge in [0.1, 0.15) is 11.9 Å². The van der Waals surface area contributed by atoms with Crippen molar-refractivity contribution in [2.45, 2.75) is 69.5 Å². The summed E-state index contributed by atoms with van der Waals surface area (Å²) in [7, 11) is 0. The van der Waals surface area contributed by atoms with Crippen LogP contribution in [0.3, 0.4) is 0 Å². The van der Waals surface area contributed by atoms with E-state index in [1.165, 1.54) is 31.4 Å². The third kappa shape index (κ3) is 7.94. The second-order valence-corrected chi connectivity index (χ2v) is 14.6. The van der Waals surface area contributed by atoms with Crippen molar-refractivity contribution in [3.63, 3.8) is 0 Å². The van der Waals surface area contributed by atoms with E-state index in [1.807, 2.05) is 17.0 Å². The molecule has 0 bridgehead atoms. The summed E-state index contributed by atoms with van der Waals surface area (Å²) in [5, 5.41) is 3.07. The SMILES string of the molecule is Nc1c(Br)cc(C[C@@H](NC(=O)N2CCC(n3cc(-c4ccc(F)cc4)[nH]c3=O)CC2)C(=O)N2CCC(N3CCCCC3)CC2)cc1Br. The first kappa shape index (κ1) is 33.7. The van der Waals surface area contributed by atoms with Crippen LogP contribution in [0.5, 0.6) is 0 Å². The molecule has 13 heteroatoms. The number of nitrogens with zero attached hydrogens (tertiary/aromatic N) is 4. The Kier molecular flexibility index (Phi) is 10.7. The lowest BCUT2D eigenvalue weighted by Crippen LogP contribution is -2.56. The minimum absolute atomic E-state index is 0.0680. The number of hydrogen-bond donors (Lipinski definition) is 3. The van der Waals surface area contributed by atoms with Crippen LogP contribution in [0.25, 0.3) is 11.3 Å². The molecule has 252 valence electrons. The van der Waals surface area contributed by atoms with Crippen LogP contribution < -0.4 is 16.7 Å². The average molecular weight is 776 g/mol. The van der Waals surface area contributed by atoms with Crippen LogP contribution in [0.4, 0.5) is 14.9 Å². The highest BCUT2D eigenvalue weighted by molar-refractivity contribution is 9.11. The van der Waals surface area contributed by atoms with Crippen LogP contribution >= 0.6 is 31.9 Å². The summed E-state index contributed by atoms with van der Waals surface area (Å²) in [4.78, 5) is 49.6. The molecule has 2 aromatic carbocycles. The molecule has 3 fully saturated rings. The van der Waals surface area contributed by atoms with Crippen LogP contribution in [0.2, 0.25) is 0 Å². The maximum absolute atomic E-state index is 14.0. The molecule has 47 heavy (non-hydrogen) atoms. The number of imidazole rings is 1. The molecule has 3 aliphatic rings. The van der Waals surface area contributed by atoms with Crippen LogP contribution in [0, 0.1) is 5.82 Å². The summed E-state index contributed by atoms with van der Waals surface area (Å²) in [6.45, 7) is 4.53. The number of halogens is 3. The normalized spacial score (nSPS) is 19.1. The molecular formula is C34H42Br2FN7O3. The molecule has 0 radical (unpaired) electrons. The molecule has 6 rings (SSSR count). The lowest BCUT2D eigenvalue weighted by molar-refractivity contribution is -0.134. The predicted molar refractivity (Wildman–Crippen MR) is 188 cm³/mol. The lowest BCUT2D eigenvalue weighted by Gasteiger charge is -2.41. The number of anilines is 1. The van der Waals surface area contributed by atoms with Crippen molar-refractivity contribution in [1.29, 1.82) is 0 Å². The molecule has 3 saturated heterocycles. The first-order valence-corrected chi connectivity index (χ1v) is 18.1. The summed E-state index contributed by atoms with van der Waals surface area (Å²) < 4.78 is 16.5. The number of benzene rings is 2. The van der Waals surface area contributed by atoms with Gasteiger partial charge in [0.2, 0.25) is 5.91 Å². The monoisotopic (exact) mass is 773 g/mol. The van der Waals surface area contributed by atoms with Gasteiger partial charge in [0.15, 0.2) is 0 Å². The predicted octanol–water partition coefficient (Wildman–Crippen LogP) is 5.52. The molecule has 3 aromatic rings. The van der Waals surface area contributed by atoms with Crippen molar-refractivity contribution in [3.05, 3.63) is 73.4 Å². The fraction of sp³-hybridized carbons (Fsp3) is 0.500. The van der Waals surface area contributed by atoms with Gasteiger partial charge >= 0.3 is 11.7 Å². The number of hydrogen-bond acceptors (Lipinski definition) is 5. The van der Waals surface area contributed by atoms with E-state index in [0.717, 1.165) is 46.0 Å². The summed E-state index contributed by atoms with van der Waals surface area (Å²) in [5.41, 5.74) is 8.70. The van der Waals surface area contributed by atoms with Crippen molar-refractivity contribution in [1.82, 2.24) is 29.6 Å². The van der Waals surface area contributed by atoms with Crippen LogP contribution in [-0.4, -0.2) is 87.5 Å². The molecule has 4 heterocycles. The topological polar surface area (TPSA) is 120 Å². The fourth-order valence-electron chi connectivity index (χ4n) is 7.19. The standard InChI is InChI=1S/C34H42Br2FN7O3/c35-27-18-22(19-28(36)31(27)38)20-29(32(45)42-14-8-25(9-15-42)41-12-2-1-3-13-41)39-33(46)43-16-10-26(11-17-43)44-21-30(40-34(44)47)23-4-6-24(37)7-5-23/h4-7,18-19,21,25-26,29H,1-3,8-17,20,38H2,(H,39,46)(H,40,47)/t29-/m1/s1. The third-order valence-electron chi connectivity index (χ3n) is 9.90. The number of aromatic amines is 1. The molecule has 4 N–H and O–H groups in total. The molecule has 0 unspecified atom stereocenters. The van der Waals surface area contributed by atoms with Gasteiger partial charge in [-0.2, -0.15) is 0 Å². The van der Waals surface area contributed by atoms with Crippen LogP contribution in [-0.2, 0) is 11.2 Å². The van der Waals surface area contributed by atoms with Gasteiger partial charge in [-0.1, -0.05) is 6.42 Å². The molecule has 3 aliphatic heterocycles. The highest BCUT2D eigenvalue weighted by atomic mass is 79.9. The number of H-pyrrole nitrogens is 1. The minimum atomic E-state index is -0.736. The first-order valence-electron chi connectivity index (χ1n) is 16.5. The van der Waals surface area contributed by atoms with E-state index in [9.17, 15) is 18.8 Å². The van der Waals surface area contributed by atoms with Gasteiger partial charge in [-0.3, -0.25) is 9.36 Å². The number of carbonyl (C=O) groups is 2. The highest BCUT2D eigenvalue weighted by Crippen LogP contribution is 2.31. The van der Waals surface area contributed by atoms with E-state index >= 15 is 0 Å². The zero-order valence-electron chi connectivity index (χ0n) is 26.4. The van der Waals surface area contributed by atoms with E-state index in [0.29, 0.717) is 62.9 Å². The first-order chi connectivity index (χ1) is 22.7. The number of aromatic nitrogens is 2. The van der Waals surface area contributed by atoms with E-state index in [1.54, 1.807) is 27.8 Å². The van der Waals surface area contributed by atoms with Gasteiger partial charge in [0, 0.05) is 59.8 Å². The number of nitrogen functional groups attached to an aromatic ring is 1. The van der Waals surface area contributed by atoms with E-state index in [2.05, 4.69) is 47.1 Å². The third-order valence-corrected chi connectivity index (χ3v) is 11.2. The molecule has 0 aliphatic carbocycles. The lowest BCUT2D eigenvalue weighted by atomic mass is 9.98. The Bertz CT molecular complexity index is 1600. The number of piperidine rings is 3. The minimum Gasteiger partial charge on any atom is -0.397 e. The molecule has 3 amide bonds. The molecule has 1 aromatic heterocycles.